The van der Waals surface area contributed by atoms with E-state index in [0.29, 0.717) is 25.7 Å². The summed E-state index contributed by atoms with van der Waals surface area (Å²) in [6.45, 7) is 5.69. The molecule has 6 nitrogen and oxygen atoms in total. The van der Waals surface area contributed by atoms with Gasteiger partial charge in [-0.25, -0.2) is 13.4 Å². The quantitative estimate of drug-likeness (QED) is 0.848. The molecule has 0 aromatic carbocycles. The Kier molecular flexibility index (Phi) is 5.32. The van der Waals surface area contributed by atoms with Crippen LogP contribution in [0.2, 0.25) is 0 Å². The van der Waals surface area contributed by atoms with Crippen molar-refractivity contribution in [1.82, 2.24) is 14.6 Å². The van der Waals surface area contributed by atoms with Gasteiger partial charge in [-0.1, -0.05) is 19.9 Å². The number of ether oxygens (including phenoxy) is 1. The first-order valence-corrected chi connectivity index (χ1v) is 8.58. The van der Waals surface area contributed by atoms with Gasteiger partial charge in [0.15, 0.2) is 5.03 Å². The van der Waals surface area contributed by atoms with Crippen molar-refractivity contribution < 1.29 is 13.2 Å². The second-order valence-corrected chi connectivity index (χ2v) is 7.43. The van der Waals surface area contributed by atoms with E-state index in [2.05, 4.69) is 24.1 Å². The van der Waals surface area contributed by atoms with Crippen molar-refractivity contribution in [3.63, 3.8) is 0 Å². The fraction of sp³-hybridized carbons (Fsp3) is 0.643. The zero-order valence-corrected chi connectivity index (χ0v) is 13.6. The molecule has 0 aliphatic carbocycles. The zero-order chi connectivity index (χ0) is 15.5. The summed E-state index contributed by atoms with van der Waals surface area (Å²) in [5.74, 6) is 0. The van der Waals surface area contributed by atoms with Crippen LogP contribution in [0.15, 0.2) is 23.4 Å². The highest BCUT2D eigenvalue weighted by atomic mass is 32.2. The molecule has 2 heterocycles. The number of sulfonamides is 1. The predicted octanol–water partition coefficient (Wildman–Crippen LogP) is 0.989. The van der Waals surface area contributed by atoms with Gasteiger partial charge in [-0.2, -0.15) is 4.31 Å². The molecular formula is C14H23N3O3S. The molecule has 7 heteroatoms. The number of rotatable bonds is 6. The molecule has 1 unspecified atom stereocenters. The number of nitrogens with one attached hydrogen (secondary N) is 1. The predicted molar refractivity (Wildman–Crippen MR) is 80.4 cm³/mol. The van der Waals surface area contributed by atoms with Gasteiger partial charge in [-0.15, -0.1) is 0 Å². The molecular weight excluding hydrogens is 290 g/mol. The lowest BCUT2D eigenvalue weighted by Gasteiger charge is -2.16. The van der Waals surface area contributed by atoms with E-state index in [9.17, 15) is 8.42 Å². The van der Waals surface area contributed by atoms with Crippen molar-refractivity contribution >= 4 is 10.0 Å². The lowest BCUT2D eigenvalue weighted by atomic mass is 10.2. The van der Waals surface area contributed by atoms with Gasteiger partial charge >= 0.3 is 0 Å². The maximum absolute atomic E-state index is 12.5. The average Bonchev–Trinajstić information content (AvgIpc) is 2.95. The molecule has 0 bridgehead atoms. The smallest absolute Gasteiger partial charge is 0.260 e. The molecule has 1 aromatic heterocycles. The molecule has 1 aromatic rings. The Bertz CT molecular complexity index is 557. The van der Waals surface area contributed by atoms with E-state index in [4.69, 9.17) is 4.74 Å². The topological polar surface area (TPSA) is 71.5 Å². The van der Waals surface area contributed by atoms with Crippen LogP contribution in [0, 0.1) is 0 Å². The van der Waals surface area contributed by atoms with Crippen molar-refractivity contribution in [3.8, 4) is 0 Å². The first-order chi connectivity index (χ1) is 9.93. The summed E-state index contributed by atoms with van der Waals surface area (Å²) >= 11 is 0. The van der Waals surface area contributed by atoms with Crippen LogP contribution in [0.4, 0.5) is 0 Å². The summed E-state index contributed by atoms with van der Waals surface area (Å²) in [6, 6.07) is 3.76. The second-order valence-electron chi connectivity index (χ2n) is 5.55. The maximum atomic E-state index is 12.5. The van der Waals surface area contributed by atoms with Crippen LogP contribution in [-0.2, 0) is 21.3 Å². The van der Waals surface area contributed by atoms with Gasteiger partial charge in [0.2, 0.25) is 0 Å². The van der Waals surface area contributed by atoms with Crippen LogP contribution < -0.4 is 5.32 Å². The van der Waals surface area contributed by atoms with E-state index in [0.717, 1.165) is 12.0 Å². The van der Waals surface area contributed by atoms with Crippen LogP contribution >= 0.6 is 0 Å². The molecule has 1 saturated heterocycles. The summed E-state index contributed by atoms with van der Waals surface area (Å²) < 4.78 is 31.6. The van der Waals surface area contributed by atoms with E-state index in [1.807, 2.05) is 0 Å². The fourth-order valence-electron chi connectivity index (χ4n) is 2.23. The van der Waals surface area contributed by atoms with Crippen LogP contribution in [0.5, 0.6) is 0 Å². The highest BCUT2D eigenvalue weighted by Crippen LogP contribution is 2.21. The normalized spacial score (nSPS) is 20.3. The molecule has 0 radical (unpaired) electrons. The zero-order valence-electron chi connectivity index (χ0n) is 12.7. The number of hydrogen-bond donors (Lipinski definition) is 1. The Morgan fingerprint density at radius 3 is 2.76 bits per heavy atom. The largest absolute Gasteiger partial charge is 0.380 e. The summed E-state index contributed by atoms with van der Waals surface area (Å²) in [6.07, 6.45) is 2.33. The lowest BCUT2D eigenvalue weighted by molar-refractivity contribution is 0.115. The molecule has 118 valence electrons. The molecule has 1 aliphatic rings. The minimum atomic E-state index is -3.51. The van der Waals surface area contributed by atoms with Crippen LogP contribution in [0.1, 0.15) is 25.8 Å². The minimum absolute atomic E-state index is 0.0192. The summed E-state index contributed by atoms with van der Waals surface area (Å²) in [5, 5.41) is 3.38. The number of hydrogen-bond acceptors (Lipinski definition) is 5. The number of nitrogens with zero attached hydrogens (tertiary/aromatic N) is 2. The first-order valence-electron chi connectivity index (χ1n) is 7.14. The standard InChI is InChI=1S/C14H23N3O3S/c1-11(2)15-8-12-4-5-14(16-9-12)21(18,19)17-7-6-13(10-17)20-3/h4-5,9,11,13,15H,6-8,10H2,1-3H3. The van der Waals surface area contributed by atoms with E-state index < -0.39 is 10.0 Å². The highest BCUT2D eigenvalue weighted by molar-refractivity contribution is 7.89. The van der Waals surface area contributed by atoms with Crippen molar-refractivity contribution in [2.45, 2.75) is 44.0 Å². The van der Waals surface area contributed by atoms with Gasteiger partial charge in [0.05, 0.1) is 6.10 Å². The number of methoxy groups -OCH3 is 1. The molecule has 1 fully saturated rings. The Morgan fingerprint density at radius 2 is 2.24 bits per heavy atom. The van der Waals surface area contributed by atoms with Crippen molar-refractivity contribution in [3.05, 3.63) is 23.9 Å². The van der Waals surface area contributed by atoms with Crippen molar-refractivity contribution in [2.75, 3.05) is 20.2 Å². The van der Waals surface area contributed by atoms with Crippen molar-refractivity contribution in [1.29, 1.82) is 0 Å². The van der Waals surface area contributed by atoms with Crippen LogP contribution in [-0.4, -0.2) is 50.1 Å². The maximum Gasteiger partial charge on any atom is 0.260 e. The SMILES string of the molecule is COC1CCN(S(=O)(=O)c2ccc(CNC(C)C)cn2)C1. The van der Waals surface area contributed by atoms with Crippen molar-refractivity contribution in [2.24, 2.45) is 0 Å². The molecule has 2 rings (SSSR count). The van der Waals surface area contributed by atoms with E-state index in [1.54, 1.807) is 25.4 Å². The van der Waals surface area contributed by atoms with Gasteiger partial charge in [-0.05, 0) is 18.1 Å². The second kappa shape index (κ2) is 6.83. The Balaban J connectivity index is 2.07. The monoisotopic (exact) mass is 313 g/mol. The van der Waals surface area contributed by atoms with Crippen LogP contribution in [0.3, 0.4) is 0 Å². The van der Waals surface area contributed by atoms with E-state index >= 15 is 0 Å². The summed E-state index contributed by atoms with van der Waals surface area (Å²) in [4.78, 5) is 4.11. The number of aromatic nitrogens is 1. The molecule has 0 spiro atoms. The Hall–Kier alpha value is -1.02. The molecule has 1 atom stereocenters. The minimum Gasteiger partial charge on any atom is -0.380 e. The molecule has 1 aliphatic heterocycles. The van der Waals surface area contributed by atoms with E-state index in [1.165, 1.54) is 4.31 Å². The molecule has 0 amide bonds. The molecule has 1 N–H and O–H groups in total. The third-order valence-electron chi connectivity index (χ3n) is 3.56. The van der Waals surface area contributed by atoms with E-state index in [-0.39, 0.29) is 11.1 Å². The van der Waals surface area contributed by atoms with Gasteiger partial charge in [0, 0.05) is 39.0 Å². The average molecular weight is 313 g/mol. The summed E-state index contributed by atoms with van der Waals surface area (Å²) in [5.41, 5.74) is 0.971. The third kappa shape index (κ3) is 4.00. The number of pyridine rings is 1. The van der Waals surface area contributed by atoms with Crippen LogP contribution in [0.25, 0.3) is 0 Å². The Labute approximate surface area is 126 Å². The fourth-order valence-corrected chi connectivity index (χ4v) is 3.63. The lowest BCUT2D eigenvalue weighted by Crippen LogP contribution is -2.30. The highest BCUT2D eigenvalue weighted by Gasteiger charge is 2.33. The molecule has 0 saturated carbocycles. The summed E-state index contributed by atoms with van der Waals surface area (Å²) in [7, 11) is -1.90. The van der Waals surface area contributed by atoms with Gasteiger partial charge in [0.25, 0.3) is 10.0 Å². The third-order valence-corrected chi connectivity index (χ3v) is 5.34. The van der Waals surface area contributed by atoms with Gasteiger partial charge in [-0.3, -0.25) is 0 Å². The molecule has 21 heavy (non-hydrogen) atoms. The first kappa shape index (κ1) is 16.4. The Morgan fingerprint density at radius 1 is 1.48 bits per heavy atom. The van der Waals surface area contributed by atoms with Gasteiger partial charge in [0.1, 0.15) is 0 Å². The van der Waals surface area contributed by atoms with Gasteiger partial charge < -0.3 is 10.1 Å².